The number of aryl methyl sites for hydroxylation is 1. The van der Waals surface area contributed by atoms with Crippen LogP contribution in [0.1, 0.15) is 11.3 Å². The second-order valence-corrected chi connectivity index (χ2v) is 6.35. The van der Waals surface area contributed by atoms with E-state index in [-0.39, 0.29) is 5.91 Å². The van der Waals surface area contributed by atoms with E-state index in [9.17, 15) is 4.79 Å². The molecule has 0 aliphatic carbocycles. The van der Waals surface area contributed by atoms with Crippen molar-refractivity contribution in [2.75, 3.05) is 12.4 Å². The lowest BCUT2D eigenvalue weighted by molar-refractivity contribution is -0.111. The Morgan fingerprint density at radius 2 is 1.96 bits per heavy atom. The van der Waals surface area contributed by atoms with Crippen molar-refractivity contribution in [2.24, 2.45) is 0 Å². The van der Waals surface area contributed by atoms with Gasteiger partial charge in [0.1, 0.15) is 5.75 Å². The number of anilines is 1. The molecular weight excluding hydrogens is 338 g/mol. The average molecular weight is 357 g/mol. The molecule has 0 saturated carbocycles. The predicted octanol–water partition coefficient (Wildman–Crippen LogP) is 4.69. The lowest BCUT2D eigenvalue weighted by Gasteiger charge is -2.09. The fourth-order valence-corrected chi connectivity index (χ4v) is 3.11. The van der Waals surface area contributed by atoms with Crippen molar-refractivity contribution in [3.63, 3.8) is 0 Å². The Bertz CT molecular complexity index is 1170. The van der Waals surface area contributed by atoms with Gasteiger partial charge in [-0.2, -0.15) is 0 Å². The Hall–Kier alpha value is -3.60. The molecule has 2 N–H and O–H groups in total. The van der Waals surface area contributed by atoms with Crippen LogP contribution in [0.5, 0.6) is 5.75 Å². The lowest BCUT2D eigenvalue weighted by atomic mass is 10.1. The van der Waals surface area contributed by atoms with Crippen molar-refractivity contribution < 1.29 is 9.53 Å². The van der Waals surface area contributed by atoms with E-state index in [2.05, 4.69) is 21.4 Å². The minimum absolute atomic E-state index is 0.236. The number of rotatable bonds is 4. The normalized spacial score (nSPS) is 11.3. The quantitative estimate of drug-likeness (QED) is 0.521. The Morgan fingerprint density at radius 3 is 2.81 bits per heavy atom. The van der Waals surface area contributed by atoms with Gasteiger partial charge < -0.3 is 15.0 Å². The predicted molar refractivity (Wildman–Crippen MR) is 109 cm³/mol. The summed E-state index contributed by atoms with van der Waals surface area (Å²) < 4.78 is 5.29. The summed E-state index contributed by atoms with van der Waals surface area (Å²) in [6.07, 6.45) is 4.97. The molecule has 4 aromatic rings. The smallest absolute Gasteiger partial charge is 0.248 e. The summed E-state index contributed by atoms with van der Waals surface area (Å²) in [6, 6.07) is 15.7. The molecule has 5 nitrogen and oxygen atoms in total. The van der Waals surface area contributed by atoms with Crippen molar-refractivity contribution in [2.45, 2.75) is 6.92 Å². The van der Waals surface area contributed by atoms with Gasteiger partial charge in [0, 0.05) is 22.4 Å². The molecule has 2 aromatic carbocycles. The van der Waals surface area contributed by atoms with Crippen LogP contribution in [-0.2, 0) is 4.79 Å². The number of hydrogen-bond acceptors (Lipinski definition) is 3. The fourth-order valence-electron chi connectivity index (χ4n) is 3.11. The number of ether oxygens (including phenoxy) is 1. The molecule has 0 fully saturated rings. The molecule has 134 valence electrons. The topological polar surface area (TPSA) is 67.0 Å². The van der Waals surface area contributed by atoms with Crippen molar-refractivity contribution in [3.8, 4) is 5.75 Å². The molecule has 2 aromatic heterocycles. The van der Waals surface area contributed by atoms with E-state index in [1.54, 1.807) is 19.4 Å². The first kappa shape index (κ1) is 16.8. The van der Waals surface area contributed by atoms with Gasteiger partial charge in [0.2, 0.25) is 5.91 Å². The molecule has 1 amide bonds. The van der Waals surface area contributed by atoms with Crippen LogP contribution in [0.15, 0.2) is 60.8 Å². The Balaban J connectivity index is 1.58. The molecular formula is C22H19N3O2. The second kappa shape index (κ2) is 6.96. The number of nitrogens with zero attached hydrogens (tertiary/aromatic N) is 1. The molecule has 0 aliphatic rings. The van der Waals surface area contributed by atoms with Crippen LogP contribution < -0.4 is 10.1 Å². The van der Waals surface area contributed by atoms with E-state index in [0.717, 1.165) is 33.1 Å². The number of fused-ring (bicyclic) bond motifs is 3. The number of amides is 1. The zero-order chi connectivity index (χ0) is 18.8. The number of nitrogens with one attached hydrogen (secondary N) is 2. The number of H-pyrrole nitrogens is 1. The highest BCUT2D eigenvalue weighted by Gasteiger charge is 2.07. The van der Waals surface area contributed by atoms with Gasteiger partial charge in [-0.05, 0) is 42.8 Å². The monoisotopic (exact) mass is 357 g/mol. The summed E-state index contributed by atoms with van der Waals surface area (Å²) in [5.74, 6) is 0.389. The number of methoxy groups -OCH3 is 1. The van der Waals surface area contributed by atoms with Gasteiger partial charge >= 0.3 is 0 Å². The summed E-state index contributed by atoms with van der Waals surface area (Å²) >= 11 is 0. The van der Waals surface area contributed by atoms with Gasteiger partial charge in [0.05, 0.1) is 30.2 Å². The molecule has 27 heavy (non-hydrogen) atoms. The van der Waals surface area contributed by atoms with Crippen molar-refractivity contribution >= 4 is 39.5 Å². The number of carbonyl (C=O) groups is 1. The summed E-state index contributed by atoms with van der Waals surface area (Å²) in [7, 11) is 1.58. The first-order valence-corrected chi connectivity index (χ1v) is 8.64. The van der Waals surface area contributed by atoms with Crippen LogP contribution in [0.3, 0.4) is 0 Å². The van der Waals surface area contributed by atoms with E-state index >= 15 is 0 Å². The molecule has 0 saturated heterocycles. The van der Waals surface area contributed by atoms with E-state index in [0.29, 0.717) is 11.4 Å². The van der Waals surface area contributed by atoms with Crippen LogP contribution in [-0.4, -0.2) is 23.0 Å². The number of aromatic amines is 1. The minimum Gasteiger partial charge on any atom is -0.495 e. The van der Waals surface area contributed by atoms with Crippen LogP contribution in [0, 0.1) is 6.92 Å². The number of carbonyl (C=O) groups excluding carboxylic acids is 1. The Labute approximate surface area is 156 Å². The first-order chi connectivity index (χ1) is 13.1. The summed E-state index contributed by atoms with van der Waals surface area (Å²) in [4.78, 5) is 20.1. The van der Waals surface area contributed by atoms with Crippen molar-refractivity contribution in [1.82, 2.24) is 9.97 Å². The van der Waals surface area contributed by atoms with E-state index in [1.807, 2.05) is 49.4 Å². The minimum atomic E-state index is -0.236. The van der Waals surface area contributed by atoms with Gasteiger partial charge in [-0.15, -0.1) is 0 Å². The maximum Gasteiger partial charge on any atom is 0.248 e. The van der Waals surface area contributed by atoms with E-state index in [4.69, 9.17) is 4.74 Å². The highest BCUT2D eigenvalue weighted by atomic mass is 16.5. The Kier molecular flexibility index (Phi) is 4.34. The number of hydrogen-bond donors (Lipinski definition) is 2. The van der Waals surface area contributed by atoms with E-state index < -0.39 is 0 Å². The first-order valence-electron chi connectivity index (χ1n) is 8.64. The molecule has 0 spiro atoms. The SMILES string of the molecule is COc1ccc(C)cc1NC(=O)/C=C/c1cc2c(cn1)[nH]c1ccccc12. The highest BCUT2D eigenvalue weighted by molar-refractivity contribution is 6.08. The molecule has 0 bridgehead atoms. The van der Waals surface area contributed by atoms with Gasteiger partial charge in [-0.3, -0.25) is 9.78 Å². The number of aromatic nitrogens is 2. The van der Waals surface area contributed by atoms with Gasteiger partial charge in [0.15, 0.2) is 0 Å². The highest BCUT2D eigenvalue weighted by Crippen LogP contribution is 2.26. The Morgan fingerprint density at radius 1 is 1.11 bits per heavy atom. The molecule has 0 radical (unpaired) electrons. The van der Waals surface area contributed by atoms with Gasteiger partial charge in [-0.1, -0.05) is 24.3 Å². The third-order valence-corrected chi connectivity index (χ3v) is 4.43. The van der Waals surface area contributed by atoms with Crippen LogP contribution >= 0.6 is 0 Å². The van der Waals surface area contributed by atoms with Crippen molar-refractivity contribution in [1.29, 1.82) is 0 Å². The molecule has 5 heteroatoms. The molecule has 0 aliphatic heterocycles. The number of pyridine rings is 1. The number of para-hydroxylation sites is 1. The van der Waals surface area contributed by atoms with Crippen LogP contribution in [0.25, 0.3) is 27.9 Å². The summed E-state index contributed by atoms with van der Waals surface area (Å²) in [6.45, 7) is 1.96. The van der Waals surface area contributed by atoms with Crippen LogP contribution in [0.4, 0.5) is 5.69 Å². The maximum absolute atomic E-state index is 12.3. The summed E-state index contributed by atoms with van der Waals surface area (Å²) in [5.41, 5.74) is 4.45. The molecule has 0 atom stereocenters. The summed E-state index contributed by atoms with van der Waals surface area (Å²) in [5, 5.41) is 5.07. The second-order valence-electron chi connectivity index (χ2n) is 6.35. The average Bonchev–Trinajstić information content (AvgIpc) is 3.04. The maximum atomic E-state index is 12.3. The van der Waals surface area contributed by atoms with E-state index in [1.165, 1.54) is 6.08 Å². The van der Waals surface area contributed by atoms with Gasteiger partial charge in [0.25, 0.3) is 0 Å². The lowest BCUT2D eigenvalue weighted by Crippen LogP contribution is -2.09. The molecule has 2 heterocycles. The fraction of sp³-hybridized carbons (Fsp3) is 0.0909. The number of benzene rings is 2. The van der Waals surface area contributed by atoms with Crippen LogP contribution in [0.2, 0.25) is 0 Å². The third-order valence-electron chi connectivity index (χ3n) is 4.43. The molecule has 4 rings (SSSR count). The largest absolute Gasteiger partial charge is 0.495 e. The zero-order valence-electron chi connectivity index (χ0n) is 15.1. The zero-order valence-corrected chi connectivity index (χ0v) is 15.1. The van der Waals surface area contributed by atoms with Gasteiger partial charge in [-0.25, -0.2) is 0 Å². The third kappa shape index (κ3) is 3.40. The standard InChI is InChI=1S/C22H19N3O2/c1-14-7-9-21(27-2)19(11-14)25-22(26)10-8-15-12-17-16-5-3-4-6-18(16)24-20(17)13-23-15/h3-13,24H,1-2H3,(H,25,26)/b10-8+. The molecule has 0 unspecified atom stereocenters. The van der Waals surface area contributed by atoms with Crippen molar-refractivity contribution in [3.05, 3.63) is 72.1 Å².